The van der Waals surface area contributed by atoms with Crippen LogP contribution in [0.3, 0.4) is 0 Å². The van der Waals surface area contributed by atoms with Gasteiger partial charge < -0.3 is 19.8 Å². The molecule has 28 heavy (non-hydrogen) atoms. The zero-order valence-corrected chi connectivity index (χ0v) is 15.7. The van der Waals surface area contributed by atoms with E-state index in [2.05, 4.69) is 20.0 Å². The first-order valence-corrected chi connectivity index (χ1v) is 9.56. The van der Waals surface area contributed by atoms with Crippen molar-refractivity contribution in [2.45, 2.75) is 25.8 Å². The van der Waals surface area contributed by atoms with Gasteiger partial charge in [0.25, 0.3) is 0 Å². The zero-order chi connectivity index (χ0) is 19.1. The van der Waals surface area contributed by atoms with Crippen LogP contribution >= 0.6 is 0 Å². The number of aromatic nitrogens is 4. The zero-order valence-electron chi connectivity index (χ0n) is 15.7. The van der Waals surface area contributed by atoms with Gasteiger partial charge in [0.15, 0.2) is 11.4 Å². The summed E-state index contributed by atoms with van der Waals surface area (Å²) in [6.45, 7) is 4.35. The predicted molar refractivity (Wildman–Crippen MR) is 107 cm³/mol. The molecule has 0 radical (unpaired) electrons. The molecule has 1 aliphatic rings. The van der Waals surface area contributed by atoms with Gasteiger partial charge in [0.05, 0.1) is 11.6 Å². The number of nitrogens with zero attached hydrogens (tertiary/aromatic N) is 5. The first-order chi connectivity index (χ1) is 13.7. The molecular formula is C20H22N6O2. The van der Waals surface area contributed by atoms with Gasteiger partial charge in [-0.05, 0) is 38.0 Å². The molecule has 1 aliphatic heterocycles. The summed E-state index contributed by atoms with van der Waals surface area (Å²) in [6.07, 6.45) is 5.96. The van der Waals surface area contributed by atoms with Crippen LogP contribution < -0.4 is 15.4 Å². The molecule has 0 aromatic carbocycles. The molecule has 2 N–H and O–H groups in total. The summed E-state index contributed by atoms with van der Waals surface area (Å²) in [7, 11) is 0. The molecule has 0 aliphatic carbocycles. The molecule has 1 atom stereocenters. The van der Waals surface area contributed by atoms with E-state index in [0.717, 1.165) is 41.2 Å². The van der Waals surface area contributed by atoms with E-state index < -0.39 is 0 Å². The average Bonchev–Trinajstić information content (AvgIpc) is 3.43. The van der Waals surface area contributed by atoms with Gasteiger partial charge in [-0.1, -0.05) is 0 Å². The molecular weight excluding hydrogens is 356 g/mol. The van der Waals surface area contributed by atoms with E-state index in [1.54, 1.807) is 23.0 Å². The van der Waals surface area contributed by atoms with Crippen molar-refractivity contribution in [2.24, 2.45) is 5.73 Å². The van der Waals surface area contributed by atoms with Crippen LogP contribution in [0.25, 0.3) is 28.1 Å². The molecule has 0 saturated carbocycles. The molecule has 0 amide bonds. The standard InChI is InChI=1S/C20H22N6O2/c1-13(21)12-27-19-5-4-18-23-11-15(26(18)24-19)17-10-14-16(28-17)6-7-22-20(14)25-8-2-3-9-25/h4-7,10-11,13H,2-3,8-9,12,21H2,1H3. The Bertz CT molecular complexity index is 1130. The lowest BCUT2D eigenvalue weighted by Gasteiger charge is -2.16. The lowest BCUT2D eigenvalue weighted by Crippen LogP contribution is -2.24. The first-order valence-electron chi connectivity index (χ1n) is 9.56. The number of nitrogens with two attached hydrogens (primary N) is 1. The van der Waals surface area contributed by atoms with Crippen LogP contribution in [0.1, 0.15) is 19.8 Å². The highest BCUT2D eigenvalue weighted by atomic mass is 16.5. The smallest absolute Gasteiger partial charge is 0.231 e. The van der Waals surface area contributed by atoms with Crippen molar-refractivity contribution in [1.29, 1.82) is 0 Å². The minimum absolute atomic E-state index is 0.0633. The van der Waals surface area contributed by atoms with Crippen molar-refractivity contribution in [2.75, 3.05) is 24.6 Å². The maximum atomic E-state index is 6.13. The Morgan fingerprint density at radius 1 is 1.21 bits per heavy atom. The van der Waals surface area contributed by atoms with Crippen LogP contribution in [0.4, 0.5) is 5.82 Å². The summed E-state index contributed by atoms with van der Waals surface area (Å²) in [4.78, 5) is 11.3. The Morgan fingerprint density at radius 2 is 2.07 bits per heavy atom. The summed E-state index contributed by atoms with van der Waals surface area (Å²) in [5.41, 5.74) is 8.07. The molecule has 5 heterocycles. The fraction of sp³-hybridized carbons (Fsp3) is 0.350. The SMILES string of the molecule is CC(N)COc1ccc2ncc(-c3cc4c(N5CCCC5)nccc4o3)n2n1. The maximum absolute atomic E-state index is 6.13. The number of imidazole rings is 1. The maximum Gasteiger partial charge on any atom is 0.231 e. The molecule has 0 spiro atoms. The molecule has 8 heteroatoms. The Morgan fingerprint density at radius 3 is 2.89 bits per heavy atom. The molecule has 5 rings (SSSR count). The van der Waals surface area contributed by atoms with Gasteiger partial charge in [0, 0.05) is 31.4 Å². The largest absolute Gasteiger partial charge is 0.475 e. The van der Waals surface area contributed by atoms with Crippen molar-refractivity contribution in [3.8, 4) is 17.3 Å². The average molecular weight is 378 g/mol. The van der Waals surface area contributed by atoms with Crippen molar-refractivity contribution < 1.29 is 9.15 Å². The van der Waals surface area contributed by atoms with Crippen molar-refractivity contribution in [3.05, 3.63) is 36.7 Å². The number of rotatable bonds is 5. The van der Waals surface area contributed by atoms with Crippen molar-refractivity contribution in [1.82, 2.24) is 19.6 Å². The number of hydrogen-bond donors (Lipinski definition) is 1. The summed E-state index contributed by atoms with van der Waals surface area (Å²) < 4.78 is 13.5. The number of furan rings is 1. The van der Waals surface area contributed by atoms with Crippen molar-refractivity contribution in [3.63, 3.8) is 0 Å². The Balaban J connectivity index is 1.56. The molecule has 1 fully saturated rings. The van der Waals surface area contributed by atoms with Gasteiger partial charge in [0.1, 0.15) is 23.7 Å². The third kappa shape index (κ3) is 2.95. The highest BCUT2D eigenvalue weighted by Gasteiger charge is 2.20. The fourth-order valence-electron chi connectivity index (χ4n) is 3.57. The fourth-order valence-corrected chi connectivity index (χ4v) is 3.57. The van der Waals surface area contributed by atoms with E-state index in [4.69, 9.17) is 14.9 Å². The van der Waals surface area contributed by atoms with E-state index in [-0.39, 0.29) is 6.04 Å². The van der Waals surface area contributed by atoms with Crippen molar-refractivity contribution >= 4 is 22.4 Å². The van der Waals surface area contributed by atoms with E-state index in [9.17, 15) is 0 Å². The molecule has 8 nitrogen and oxygen atoms in total. The summed E-state index contributed by atoms with van der Waals surface area (Å²) in [5.74, 6) is 2.18. The molecule has 1 unspecified atom stereocenters. The number of anilines is 1. The van der Waals surface area contributed by atoms with Crippen LogP contribution in [0, 0.1) is 0 Å². The van der Waals surface area contributed by atoms with Gasteiger partial charge in [0.2, 0.25) is 5.88 Å². The minimum Gasteiger partial charge on any atom is -0.475 e. The number of ether oxygens (including phenoxy) is 1. The quantitative estimate of drug-likeness (QED) is 0.570. The van der Waals surface area contributed by atoms with Crippen LogP contribution in [0.15, 0.2) is 41.1 Å². The van der Waals surface area contributed by atoms with Crippen LogP contribution in [-0.4, -0.2) is 45.3 Å². The molecule has 0 bridgehead atoms. The predicted octanol–water partition coefficient (Wildman–Crippen LogP) is 2.86. The van der Waals surface area contributed by atoms with Gasteiger partial charge in [-0.3, -0.25) is 0 Å². The second-order valence-corrected chi connectivity index (χ2v) is 7.22. The topological polar surface area (TPSA) is 94.7 Å². The molecule has 144 valence electrons. The molecule has 1 saturated heterocycles. The van der Waals surface area contributed by atoms with E-state index >= 15 is 0 Å². The van der Waals surface area contributed by atoms with Crippen LogP contribution in [0.5, 0.6) is 5.88 Å². The number of hydrogen-bond acceptors (Lipinski definition) is 7. The van der Waals surface area contributed by atoms with Gasteiger partial charge in [-0.2, -0.15) is 0 Å². The third-order valence-electron chi connectivity index (χ3n) is 4.91. The van der Waals surface area contributed by atoms with Gasteiger partial charge in [-0.15, -0.1) is 5.10 Å². The highest BCUT2D eigenvalue weighted by molar-refractivity contribution is 5.92. The number of pyridine rings is 1. The molecule has 4 aromatic heterocycles. The monoisotopic (exact) mass is 378 g/mol. The van der Waals surface area contributed by atoms with E-state index in [0.29, 0.717) is 18.2 Å². The van der Waals surface area contributed by atoms with Gasteiger partial charge in [-0.25, -0.2) is 14.5 Å². The highest BCUT2D eigenvalue weighted by Crippen LogP contribution is 2.34. The first kappa shape index (κ1) is 17.0. The van der Waals surface area contributed by atoms with Crippen LogP contribution in [-0.2, 0) is 0 Å². The minimum atomic E-state index is -0.0633. The second kappa shape index (κ2) is 6.79. The lowest BCUT2D eigenvalue weighted by molar-refractivity contribution is 0.281. The number of fused-ring (bicyclic) bond motifs is 2. The van der Waals surface area contributed by atoms with E-state index in [1.165, 1.54) is 12.8 Å². The normalized spacial score (nSPS) is 15.6. The lowest BCUT2D eigenvalue weighted by atomic mass is 10.2. The van der Waals surface area contributed by atoms with Gasteiger partial charge >= 0.3 is 0 Å². The summed E-state index contributed by atoms with van der Waals surface area (Å²) in [5, 5.41) is 5.56. The Kier molecular flexibility index (Phi) is 4.12. The summed E-state index contributed by atoms with van der Waals surface area (Å²) >= 11 is 0. The second-order valence-electron chi connectivity index (χ2n) is 7.22. The molecule has 4 aromatic rings. The van der Waals surface area contributed by atoms with E-state index in [1.807, 2.05) is 25.1 Å². The Hall–Kier alpha value is -3.13. The Labute approximate surface area is 161 Å². The van der Waals surface area contributed by atoms with Crippen LogP contribution in [0.2, 0.25) is 0 Å². The third-order valence-corrected chi connectivity index (χ3v) is 4.91. The summed E-state index contributed by atoms with van der Waals surface area (Å²) in [6, 6.07) is 7.52.